The van der Waals surface area contributed by atoms with Crippen molar-refractivity contribution in [1.82, 2.24) is 19.8 Å². The first-order chi connectivity index (χ1) is 17.9. The van der Waals surface area contributed by atoms with E-state index in [2.05, 4.69) is 42.1 Å². The highest BCUT2D eigenvalue weighted by Crippen LogP contribution is 2.45. The number of nitrogens with zero attached hydrogens (tertiary/aromatic N) is 3. The van der Waals surface area contributed by atoms with Crippen LogP contribution in [0.5, 0.6) is 0 Å². The van der Waals surface area contributed by atoms with Crippen molar-refractivity contribution < 1.29 is 9.90 Å². The third kappa shape index (κ3) is 3.70. The first kappa shape index (κ1) is 22.7. The van der Waals surface area contributed by atoms with Gasteiger partial charge in [-0.1, -0.05) is 25.1 Å². The number of rotatable bonds is 3. The van der Waals surface area contributed by atoms with Crippen molar-refractivity contribution in [3.8, 4) is 22.3 Å². The zero-order valence-corrected chi connectivity index (χ0v) is 21.4. The average Bonchev–Trinajstić information content (AvgIpc) is 3.29. The Morgan fingerprint density at radius 1 is 1.08 bits per heavy atom. The summed E-state index contributed by atoms with van der Waals surface area (Å²) < 4.78 is 0. The van der Waals surface area contributed by atoms with Gasteiger partial charge in [0.2, 0.25) is 0 Å². The molecule has 3 aliphatic rings. The highest BCUT2D eigenvalue weighted by molar-refractivity contribution is 5.98. The lowest BCUT2D eigenvalue weighted by Gasteiger charge is -2.45. The molecular formula is C31H32N4O2. The van der Waals surface area contributed by atoms with E-state index in [0.29, 0.717) is 18.7 Å². The zero-order valence-electron chi connectivity index (χ0n) is 21.4. The summed E-state index contributed by atoms with van der Waals surface area (Å²) in [6.45, 7) is 5.40. The monoisotopic (exact) mass is 492 g/mol. The molecule has 4 heterocycles. The predicted octanol–water partition coefficient (Wildman–Crippen LogP) is 4.75. The molecule has 2 N–H and O–H groups in total. The second-order valence-corrected chi connectivity index (χ2v) is 11.5. The highest BCUT2D eigenvalue weighted by atomic mass is 16.3. The molecule has 188 valence electrons. The number of H-pyrrole nitrogens is 1. The maximum Gasteiger partial charge on any atom is 0.254 e. The lowest BCUT2D eigenvalue weighted by Crippen LogP contribution is -2.53. The molecule has 0 saturated carbocycles. The Bertz CT molecular complexity index is 1530. The molecule has 1 unspecified atom stereocenters. The lowest BCUT2D eigenvalue weighted by molar-refractivity contribution is 0.00590. The van der Waals surface area contributed by atoms with Crippen LogP contribution in [0.1, 0.15) is 46.8 Å². The number of aromatic amines is 1. The SMILES string of the molecule is CN1Cc2cc(-c3cnc4[nH]cc(-c5ccc(C(=O)N6CC(O)C6)cc5)c4c3)cc3c2C(C)(CCC3)C1. The van der Waals surface area contributed by atoms with Gasteiger partial charge in [0, 0.05) is 66.1 Å². The summed E-state index contributed by atoms with van der Waals surface area (Å²) in [5, 5.41) is 10.6. The number of fused-ring (bicyclic) bond motifs is 1. The zero-order chi connectivity index (χ0) is 25.3. The maximum absolute atomic E-state index is 12.6. The fraction of sp³-hybridized carbons (Fsp3) is 0.355. The summed E-state index contributed by atoms with van der Waals surface area (Å²) in [5.41, 5.74) is 10.8. The van der Waals surface area contributed by atoms with Crippen LogP contribution in [-0.4, -0.2) is 63.6 Å². The number of carbonyl (C=O) groups is 1. The van der Waals surface area contributed by atoms with Gasteiger partial charge in [0.25, 0.3) is 5.91 Å². The van der Waals surface area contributed by atoms with Crippen molar-refractivity contribution in [3.05, 3.63) is 77.1 Å². The van der Waals surface area contributed by atoms with Crippen LogP contribution in [0.25, 0.3) is 33.3 Å². The number of β-amino-alcohol motifs (C(OH)–C–C–N with tert-alkyl or cyclic N) is 1. The minimum Gasteiger partial charge on any atom is -0.389 e. The predicted molar refractivity (Wildman–Crippen MR) is 145 cm³/mol. The summed E-state index contributed by atoms with van der Waals surface area (Å²) in [6, 6.07) is 14.8. The molecule has 0 bridgehead atoms. The Hall–Kier alpha value is -3.48. The standard InChI is InChI=1S/C31H32N4O2/c1-31-9-3-4-21-10-22(11-24(28(21)31)15-34(2)18-31)23-12-26-27(14-33-29(26)32-13-23)19-5-7-20(8-6-19)30(37)35-16-25(36)17-35/h5-8,10-14,25,36H,3-4,9,15-18H2,1-2H3,(H,32,33). The van der Waals surface area contributed by atoms with Gasteiger partial charge < -0.3 is 19.9 Å². The van der Waals surface area contributed by atoms with Crippen molar-refractivity contribution in [2.75, 3.05) is 26.7 Å². The van der Waals surface area contributed by atoms with Crippen LogP contribution in [-0.2, 0) is 18.4 Å². The summed E-state index contributed by atoms with van der Waals surface area (Å²) in [4.78, 5) is 24.8. The van der Waals surface area contributed by atoms with Gasteiger partial charge in [-0.25, -0.2) is 4.98 Å². The van der Waals surface area contributed by atoms with Crippen molar-refractivity contribution >= 4 is 16.9 Å². The number of carbonyl (C=O) groups excluding carboxylic acids is 1. The number of likely N-dealkylation sites (tertiary alicyclic amines) is 1. The number of likely N-dealkylation sites (N-methyl/N-ethyl adjacent to an activating group) is 1. The second-order valence-electron chi connectivity index (χ2n) is 11.5. The third-order valence-corrected chi connectivity index (χ3v) is 8.60. The van der Waals surface area contributed by atoms with Crippen LogP contribution in [0.4, 0.5) is 0 Å². The van der Waals surface area contributed by atoms with E-state index in [9.17, 15) is 9.90 Å². The number of aliphatic hydroxyl groups is 1. The number of amides is 1. The molecule has 2 aromatic carbocycles. The number of aliphatic hydroxyl groups excluding tert-OH is 1. The quantitative estimate of drug-likeness (QED) is 0.433. The smallest absolute Gasteiger partial charge is 0.254 e. The molecular weight excluding hydrogens is 460 g/mol. The van der Waals surface area contributed by atoms with Gasteiger partial charge in [-0.15, -0.1) is 0 Å². The first-order valence-electron chi connectivity index (χ1n) is 13.3. The summed E-state index contributed by atoms with van der Waals surface area (Å²) in [5.74, 6) is -0.0298. The minimum absolute atomic E-state index is 0.0298. The molecule has 2 aromatic heterocycles. The summed E-state index contributed by atoms with van der Waals surface area (Å²) >= 11 is 0. The van der Waals surface area contributed by atoms with Gasteiger partial charge in [-0.05, 0) is 78.4 Å². The number of aromatic nitrogens is 2. The number of pyridine rings is 1. The summed E-state index contributed by atoms with van der Waals surface area (Å²) in [7, 11) is 2.24. The van der Waals surface area contributed by atoms with Crippen LogP contribution < -0.4 is 0 Å². The Labute approximate surface area is 216 Å². The van der Waals surface area contributed by atoms with E-state index in [-0.39, 0.29) is 11.3 Å². The fourth-order valence-electron chi connectivity index (χ4n) is 6.92. The van der Waals surface area contributed by atoms with Crippen LogP contribution in [0.2, 0.25) is 0 Å². The van der Waals surface area contributed by atoms with Gasteiger partial charge >= 0.3 is 0 Å². The van der Waals surface area contributed by atoms with Gasteiger partial charge in [0.05, 0.1) is 6.10 Å². The molecule has 1 amide bonds. The van der Waals surface area contributed by atoms with Crippen molar-refractivity contribution in [2.45, 2.75) is 44.2 Å². The molecule has 0 spiro atoms. The van der Waals surface area contributed by atoms with E-state index in [1.807, 2.05) is 36.7 Å². The number of benzene rings is 2. The van der Waals surface area contributed by atoms with E-state index < -0.39 is 6.10 Å². The fourth-order valence-corrected chi connectivity index (χ4v) is 6.92. The van der Waals surface area contributed by atoms with Crippen molar-refractivity contribution in [3.63, 3.8) is 0 Å². The van der Waals surface area contributed by atoms with E-state index in [1.165, 1.54) is 29.5 Å². The molecule has 7 rings (SSSR count). The van der Waals surface area contributed by atoms with Gasteiger partial charge in [0.15, 0.2) is 0 Å². The number of aryl methyl sites for hydroxylation is 1. The second kappa shape index (κ2) is 8.27. The number of hydrogen-bond acceptors (Lipinski definition) is 4. The van der Waals surface area contributed by atoms with Gasteiger partial charge in [-0.3, -0.25) is 4.79 Å². The van der Waals surface area contributed by atoms with Crippen LogP contribution in [0, 0.1) is 0 Å². The average molecular weight is 493 g/mol. The molecule has 1 aliphatic carbocycles. The van der Waals surface area contributed by atoms with Gasteiger partial charge in [-0.2, -0.15) is 0 Å². The molecule has 0 radical (unpaired) electrons. The Balaban J connectivity index is 1.25. The third-order valence-electron chi connectivity index (χ3n) is 8.60. The topological polar surface area (TPSA) is 72.5 Å². The molecule has 1 atom stereocenters. The van der Waals surface area contributed by atoms with Crippen molar-refractivity contribution in [2.24, 2.45) is 0 Å². The van der Waals surface area contributed by atoms with Crippen LogP contribution in [0.15, 0.2) is 54.9 Å². The van der Waals surface area contributed by atoms with Crippen LogP contribution in [0.3, 0.4) is 0 Å². The largest absolute Gasteiger partial charge is 0.389 e. The lowest BCUT2D eigenvalue weighted by atomic mass is 9.67. The molecule has 1 fully saturated rings. The molecule has 4 aromatic rings. The molecule has 6 heteroatoms. The molecule has 1 saturated heterocycles. The van der Waals surface area contributed by atoms with E-state index in [1.54, 1.807) is 10.5 Å². The molecule has 6 nitrogen and oxygen atoms in total. The van der Waals surface area contributed by atoms with Crippen LogP contribution >= 0.6 is 0 Å². The number of hydrogen-bond donors (Lipinski definition) is 2. The Kier molecular flexibility index (Phi) is 5.07. The number of nitrogens with one attached hydrogen (secondary N) is 1. The van der Waals surface area contributed by atoms with Gasteiger partial charge in [0.1, 0.15) is 5.65 Å². The Morgan fingerprint density at radius 2 is 1.86 bits per heavy atom. The Morgan fingerprint density at radius 3 is 2.65 bits per heavy atom. The minimum atomic E-state index is -0.393. The van der Waals surface area contributed by atoms with E-state index >= 15 is 0 Å². The first-order valence-corrected chi connectivity index (χ1v) is 13.3. The molecule has 2 aliphatic heterocycles. The van der Waals surface area contributed by atoms with E-state index in [4.69, 9.17) is 4.98 Å². The van der Waals surface area contributed by atoms with E-state index in [0.717, 1.165) is 47.2 Å². The highest BCUT2D eigenvalue weighted by Gasteiger charge is 2.38. The van der Waals surface area contributed by atoms with Crippen molar-refractivity contribution in [1.29, 1.82) is 0 Å². The molecule has 37 heavy (non-hydrogen) atoms. The normalized spacial score (nSPS) is 21.6. The maximum atomic E-state index is 12.6. The summed E-state index contributed by atoms with van der Waals surface area (Å²) in [6.07, 6.45) is 7.26.